The summed E-state index contributed by atoms with van der Waals surface area (Å²) in [5, 5.41) is 9.06. The molecule has 2 aromatic heterocycles. The zero-order valence-electron chi connectivity index (χ0n) is 15.1. The molecule has 1 aliphatic carbocycles. The van der Waals surface area contributed by atoms with Crippen LogP contribution in [0.2, 0.25) is 0 Å². The Morgan fingerprint density at radius 1 is 1.19 bits per heavy atom. The van der Waals surface area contributed by atoms with E-state index < -0.39 is 5.54 Å². The van der Waals surface area contributed by atoms with Gasteiger partial charge in [-0.2, -0.15) is 0 Å². The van der Waals surface area contributed by atoms with Gasteiger partial charge in [0.05, 0.1) is 11.9 Å². The summed E-state index contributed by atoms with van der Waals surface area (Å²) in [4.78, 5) is 40.0. The number of hydrogen-bond acceptors (Lipinski definition) is 7. The van der Waals surface area contributed by atoms with Gasteiger partial charge >= 0.3 is 0 Å². The number of nitrogens with one attached hydrogen (secondary N) is 2. The third kappa shape index (κ3) is 3.92. The number of likely N-dealkylation sites (tertiary alicyclic amines) is 1. The predicted octanol–water partition coefficient (Wildman–Crippen LogP) is 1.61. The zero-order valence-corrected chi connectivity index (χ0v) is 16.0. The molecule has 0 atom stereocenters. The molecule has 8 nitrogen and oxygen atoms in total. The number of thiazole rings is 1. The van der Waals surface area contributed by atoms with E-state index in [4.69, 9.17) is 0 Å². The molecule has 0 radical (unpaired) electrons. The Morgan fingerprint density at radius 3 is 2.56 bits per heavy atom. The van der Waals surface area contributed by atoms with Crippen molar-refractivity contribution in [1.82, 2.24) is 25.2 Å². The van der Waals surface area contributed by atoms with Gasteiger partial charge in [-0.15, -0.1) is 11.3 Å². The fraction of sp³-hybridized carbons (Fsp3) is 0.500. The second-order valence-corrected chi connectivity index (χ2v) is 8.02. The third-order valence-electron chi connectivity index (χ3n) is 5.03. The summed E-state index contributed by atoms with van der Waals surface area (Å²) < 4.78 is 0. The Balaban J connectivity index is 1.47. The standard InChI is InChI=1S/C18H22N6O2S/c1-12-10-21-14(11-20-12)15(25)24-7-4-18(5-8-24,16(26)22-13-2-3-13)23-17-19-6-9-27-17/h6,9-11,13H,2-5,7-8H2,1H3,(H,19,23)(H,22,26). The van der Waals surface area contributed by atoms with Gasteiger partial charge in [0.15, 0.2) is 5.13 Å². The van der Waals surface area contributed by atoms with Crippen LogP contribution in [-0.4, -0.2) is 56.3 Å². The molecule has 1 saturated heterocycles. The van der Waals surface area contributed by atoms with E-state index in [-0.39, 0.29) is 17.9 Å². The quantitative estimate of drug-likeness (QED) is 0.810. The molecule has 2 aliphatic rings. The summed E-state index contributed by atoms with van der Waals surface area (Å²) in [6.07, 6.45) is 7.94. The molecule has 0 aromatic carbocycles. The zero-order chi connectivity index (χ0) is 18.9. The van der Waals surface area contributed by atoms with Crippen molar-refractivity contribution in [3.05, 3.63) is 35.4 Å². The van der Waals surface area contributed by atoms with Crippen LogP contribution in [0.5, 0.6) is 0 Å². The van der Waals surface area contributed by atoms with E-state index in [0.29, 0.717) is 31.6 Å². The van der Waals surface area contributed by atoms with Gasteiger partial charge in [-0.1, -0.05) is 0 Å². The lowest BCUT2D eigenvalue weighted by Gasteiger charge is -2.41. The molecule has 9 heteroatoms. The van der Waals surface area contributed by atoms with Gasteiger partial charge < -0.3 is 15.5 Å². The van der Waals surface area contributed by atoms with Gasteiger partial charge in [-0.25, -0.2) is 9.97 Å². The fourth-order valence-electron chi connectivity index (χ4n) is 3.21. The van der Waals surface area contributed by atoms with Gasteiger partial charge in [0.25, 0.3) is 5.91 Å². The highest BCUT2D eigenvalue weighted by atomic mass is 32.1. The second-order valence-electron chi connectivity index (χ2n) is 7.13. The first kappa shape index (κ1) is 17.8. The van der Waals surface area contributed by atoms with Crippen molar-refractivity contribution in [3.63, 3.8) is 0 Å². The van der Waals surface area contributed by atoms with E-state index in [1.807, 2.05) is 12.3 Å². The van der Waals surface area contributed by atoms with Crippen molar-refractivity contribution in [2.24, 2.45) is 0 Å². The summed E-state index contributed by atoms with van der Waals surface area (Å²) in [7, 11) is 0. The summed E-state index contributed by atoms with van der Waals surface area (Å²) in [5.74, 6) is -0.143. The highest BCUT2D eigenvalue weighted by Gasteiger charge is 2.44. The van der Waals surface area contributed by atoms with Crippen LogP contribution in [0.1, 0.15) is 41.9 Å². The van der Waals surface area contributed by atoms with Crippen LogP contribution in [0.4, 0.5) is 5.13 Å². The van der Waals surface area contributed by atoms with Gasteiger partial charge in [0.2, 0.25) is 5.91 Å². The summed E-state index contributed by atoms with van der Waals surface area (Å²) in [6, 6.07) is 0.287. The smallest absolute Gasteiger partial charge is 0.274 e. The molecule has 27 heavy (non-hydrogen) atoms. The van der Waals surface area contributed by atoms with Crippen molar-refractivity contribution in [2.75, 3.05) is 18.4 Å². The van der Waals surface area contributed by atoms with E-state index in [9.17, 15) is 9.59 Å². The fourth-order valence-corrected chi connectivity index (χ4v) is 3.83. The van der Waals surface area contributed by atoms with E-state index in [2.05, 4.69) is 25.6 Å². The minimum Gasteiger partial charge on any atom is -0.351 e. The maximum Gasteiger partial charge on any atom is 0.274 e. The maximum absolute atomic E-state index is 13.0. The minimum atomic E-state index is -0.740. The lowest BCUT2D eigenvalue weighted by atomic mass is 9.86. The molecule has 2 amide bonds. The van der Waals surface area contributed by atoms with Crippen LogP contribution < -0.4 is 10.6 Å². The SMILES string of the molecule is Cc1cnc(C(=O)N2CCC(Nc3nccs3)(C(=O)NC3CC3)CC2)cn1. The molecule has 3 heterocycles. The topological polar surface area (TPSA) is 100 Å². The Labute approximate surface area is 161 Å². The van der Waals surface area contributed by atoms with Crippen molar-refractivity contribution in [1.29, 1.82) is 0 Å². The van der Waals surface area contributed by atoms with Gasteiger partial charge in [-0.3, -0.25) is 14.6 Å². The second kappa shape index (κ2) is 7.22. The molecule has 142 valence electrons. The first-order chi connectivity index (χ1) is 13.1. The summed E-state index contributed by atoms with van der Waals surface area (Å²) >= 11 is 1.47. The van der Waals surface area contributed by atoms with E-state index in [0.717, 1.165) is 23.7 Å². The van der Waals surface area contributed by atoms with E-state index >= 15 is 0 Å². The number of anilines is 1. The van der Waals surface area contributed by atoms with E-state index in [1.165, 1.54) is 17.5 Å². The van der Waals surface area contributed by atoms with Crippen LogP contribution in [0, 0.1) is 6.92 Å². The Hall–Kier alpha value is -2.55. The number of piperidine rings is 1. The molecule has 2 aromatic rings. The van der Waals surface area contributed by atoms with Crippen molar-refractivity contribution < 1.29 is 9.59 Å². The lowest BCUT2D eigenvalue weighted by molar-refractivity contribution is -0.127. The number of amides is 2. The average molecular weight is 386 g/mol. The highest BCUT2D eigenvalue weighted by Crippen LogP contribution is 2.30. The first-order valence-electron chi connectivity index (χ1n) is 9.12. The predicted molar refractivity (Wildman–Crippen MR) is 102 cm³/mol. The Morgan fingerprint density at radius 2 is 1.96 bits per heavy atom. The molecule has 4 rings (SSSR count). The number of hydrogen-bond donors (Lipinski definition) is 2. The third-order valence-corrected chi connectivity index (χ3v) is 5.72. The van der Waals surface area contributed by atoms with Crippen LogP contribution in [-0.2, 0) is 4.79 Å². The molecule has 0 bridgehead atoms. The number of carbonyl (C=O) groups excluding carboxylic acids is 2. The first-order valence-corrected chi connectivity index (χ1v) is 10.0. The van der Waals surface area contributed by atoms with Gasteiger partial charge in [0.1, 0.15) is 11.2 Å². The number of rotatable bonds is 5. The normalized spacial score (nSPS) is 18.8. The molecule has 1 saturated carbocycles. The van der Waals surface area contributed by atoms with Crippen LogP contribution in [0.25, 0.3) is 0 Å². The molecule has 1 aliphatic heterocycles. The largest absolute Gasteiger partial charge is 0.351 e. The van der Waals surface area contributed by atoms with Crippen LogP contribution in [0.3, 0.4) is 0 Å². The maximum atomic E-state index is 13.0. The summed E-state index contributed by atoms with van der Waals surface area (Å²) in [6.45, 7) is 2.79. The lowest BCUT2D eigenvalue weighted by Crippen LogP contribution is -2.59. The van der Waals surface area contributed by atoms with Crippen molar-refractivity contribution in [2.45, 2.75) is 44.2 Å². The van der Waals surface area contributed by atoms with Crippen molar-refractivity contribution in [3.8, 4) is 0 Å². The minimum absolute atomic E-state index is 0.00225. The monoisotopic (exact) mass is 386 g/mol. The molecule has 0 spiro atoms. The highest BCUT2D eigenvalue weighted by molar-refractivity contribution is 7.13. The molecule has 2 N–H and O–H groups in total. The Kier molecular flexibility index (Phi) is 4.77. The summed E-state index contributed by atoms with van der Waals surface area (Å²) in [5.41, 5.74) is 0.368. The molecular formula is C18H22N6O2S. The van der Waals surface area contributed by atoms with Gasteiger partial charge in [-0.05, 0) is 32.6 Å². The Bertz CT molecular complexity index is 811. The number of nitrogens with zero attached hydrogens (tertiary/aromatic N) is 4. The van der Waals surface area contributed by atoms with Gasteiger partial charge in [0, 0.05) is 36.9 Å². The number of carbonyl (C=O) groups is 2. The molecule has 2 fully saturated rings. The molecule has 0 unspecified atom stereocenters. The average Bonchev–Trinajstić information content (AvgIpc) is 3.35. The number of aryl methyl sites for hydroxylation is 1. The van der Waals surface area contributed by atoms with Crippen molar-refractivity contribution >= 4 is 28.3 Å². The van der Waals surface area contributed by atoms with Crippen LogP contribution >= 0.6 is 11.3 Å². The number of aromatic nitrogens is 3. The molecular weight excluding hydrogens is 364 g/mol. The van der Waals surface area contributed by atoms with E-state index in [1.54, 1.807) is 17.3 Å². The van der Waals surface area contributed by atoms with Crippen LogP contribution in [0.15, 0.2) is 24.0 Å².